The summed E-state index contributed by atoms with van der Waals surface area (Å²) in [5.41, 5.74) is -0.630. The zero-order valence-electron chi connectivity index (χ0n) is 23.2. The third kappa shape index (κ3) is 8.54. The number of nitrogens with zero attached hydrogens (tertiary/aromatic N) is 1. The Bertz CT molecular complexity index is 1450. The lowest BCUT2D eigenvalue weighted by Gasteiger charge is -2.13. The molecule has 1 unspecified atom stereocenters. The topological polar surface area (TPSA) is 141 Å². The van der Waals surface area contributed by atoms with E-state index in [4.69, 9.17) is 9.15 Å². The van der Waals surface area contributed by atoms with Crippen molar-refractivity contribution in [1.82, 2.24) is 9.55 Å². The van der Waals surface area contributed by atoms with Gasteiger partial charge in [0.15, 0.2) is 0 Å². The lowest BCUT2D eigenvalue weighted by Crippen LogP contribution is -2.38. The van der Waals surface area contributed by atoms with E-state index >= 15 is 0 Å². The van der Waals surface area contributed by atoms with Gasteiger partial charge in [-0.15, -0.1) is 0 Å². The summed E-state index contributed by atoms with van der Waals surface area (Å²) < 4.78 is 15.6. The van der Waals surface area contributed by atoms with Crippen LogP contribution in [0, 0.1) is 5.41 Å². The molecule has 0 amide bonds. The molecule has 4 rings (SSSR count). The number of esters is 1. The predicted molar refractivity (Wildman–Crippen MR) is 149 cm³/mol. The molecule has 10 heteroatoms. The molecule has 39 heavy (non-hydrogen) atoms. The van der Waals surface area contributed by atoms with Gasteiger partial charge in [0.25, 0.3) is 5.56 Å². The number of nitrogens with one attached hydrogen (secondary N) is 1. The number of para-hydroxylation sites is 1. The fourth-order valence-corrected chi connectivity index (χ4v) is 3.82. The number of aryl methyl sites for hydroxylation is 1. The second kappa shape index (κ2) is 14.3. The highest BCUT2D eigenvalue weighted by Crippen LogP contribution is 2.49. The fraction of sp³-hybridized carbons (Fsp3) is 0.448. The van der Waals surface area contributed by atoms with Crippen molar-refractivity contribution >= 4 is 17.1 Å². The largest absolute Gasteiger partial charge is 0.507 e. The molecule has 0 radical (unpaired) electrons. The quantitative estimate of drug-likeness (QED) is 0.298. The van der Waals surface area contributed by atoms with Crippen LogP contribution in [-0.2, 0) is 15.9 Å². The minimum Gasteiger partial charge on any atom is -0.507 e. The molecular weight excluding hydrogens is 504 g/mol. The van der Waals surface area contributed by atoms with Gasteiger partial charge in [0.1, 0.15) is 22.9 Å². The summed E-state index contributed by atoms with van der Waals surface area (Å²) in [6.45, 7) is 11.3. The SMILES string of the molecule is C=COC(=O)c1ccccc1O.CCC.COC(C)n1c(=O)[nH]c2oc(=O)cc(CCCC3(C)CC3)c2c1=O. The van der Waals surface area contributed by atoms with Crippen molar-refractivity contribution in [3.05, 3.63) is 85.6 Å². The molecule has 0 aliphatic heterocycles. The third-order valence-corrected chi connectivity index (χ3v) is 6.26. The number of methoxy groups -OCH3 is 1. The summed E-state index contributed by atoms with van der Waals surface area (Å²) in [6.07, 6.45) is 6.56. The summed E-state index contributed by atoms with van der Waals surface area (Å²) >= 11 is 0. The van der Waals surface area contributed by atoms with Crippen LogP contribution in [0.4, 0.5) is 0 Å². The van der Waals surface area contributed by atoms with Crippen LogP contribution in [0.5, 0.6) is 5.75 Å². The van der Waals surface area contributed by atoms with Crippen LogP contribution in [-0.4, -0.2) is 27.7 Å². The van der Waals surface area contributed by atoms with Gasteiger partial charge in [-0.3, -0.25) is 9.78 Å². The number of hydrogen-bond acceptors (Lipinski definition) is 8. The van der Waals surface area contributed by atoms with E-state index in [1.165, 1.54) is 44.6 Å². The molecule has 0 bridgehead atoms. The zero-order chi connectivity index (χ0) is 29.2. The molecule has 10 nitrogen and oxygen atoms in total. The first-order valence-electron chi connectivity index (χ1n) is 13.0. The van der Waals surface area contributed by atoms with E-state index in [2.05, 4.69) is 37.1 Å². The average Bonchev–Trinajstić information content (AvgIpc) is 3.61. The van der Waals surface area contributed by atoms with E-state index in [9.17, 15) is 24.3 Å². The number of hydrogen-bond donors (Lipinski definition) is 2. The van der Waals surface area contributed by atoms with E-state index in [1.54, 1.807) is 19.1 Å². The number of benzene rings is 1. The van der Waals surface area contributed by atoms with Gasteiger partial charge in [-0.25, -0.2) is 19.0 Å². The first-order chi connectivity index (χ1) is 18.5. The number of phenolic OH excluding ortho intramolecular Hbond substituents is 1. The molecule has 1 fully saturated rings. The Morgan fingerprint density at radius 1 is 1.26 bits per heavy atom. The molecule has 212 valence electrons. The summed E-state index contributed by atoms with van der Waals surface area (Å²) in [4.78, 5) is 50.1. The summed E-state index contributed by atoms with van der Waals surface area (Å²) in [5.74, 6) is -0.701. The van der Waals surface area contributed by atoms with Gasteiger partial charge in [-0.1, -0.05) is 45.9 Å². The summed E-state index contributed by atoms with van der Waals surface area (Å²) in [6, 6.07) is 7.50. The number of ether oxygens (including phenoxy) is 2. The van der Waals surface area contributed by atoms with E-state index in [-0.39, 0.29) is 22.4 Å². The number of carbonyl (C=O) groups excluding carboxylic acids is 1. The number of aromatic nitrogens is 2. The van der Waals surface area contributed by atoms with Crippen molar-refractivity contribution in [2.75, 3.05) is 7.11 Å². The van der Waals surface area contributed by atoms with E-state index < -0.39 is 29.1 Å². The molecule has 2 aromatic heterocycles. The molecular formula is C29H38N2O8. The molecule has 2 N–H and O–H groups in total. The molecule has 1 atom stereocenters. The van der Waals surface area contributed by atoms with Gasteiger partial charge in [-0.05, 0) is 62.1 Å². The van der Waals surface area contributed by atoms with Crippen LogP contribution in [0.25, 0.3) is 11.1 Å². The average molecular weight is 543 g/mol. The van der Waals surface area contributed by atoms with Gasteiger partial charge < -0.3 is 19.0 Å². The van der Waals surface area contributed by atoms with Crippen molar-refractivity contribution in [3.63, 3.8) is 0 Å². The van der Waals surface area contributed by atoms with Crippen molar-refractivity contribution < 1.29 is 23.8 Å². The Labute approximate surface area is 226 Å². The second-order valence-corrected chi connectivity index (χ2v) is 9.70. The number of phenols is 1. The summed E-state index contributed by atoms with van der Waals surface area (Å²) in [7, 11) is 1.42. The maximum atomic E-state index is 12.8. The first-order valence-corrected chi connectivity index (χ1v) is 13.0. The Morgan fingerprint density at radius 2 is 1.90 bits per heavy atom. The van der Waals surface area contributed by atoms with Crippen LogP contribution in [0.3, 0.4) is 0 Å². The van der Waals surface area contributed by atoms with Crippen molar-refractivity contribution in [3.8, 4) is 5.75 Å². The van der Waals surface area contributed by atoms with Gasteiger partial charge in [0, 0.05) is 13.2 Å². The molecule has 2 heterocycles. The molecule has 0 spiro atoms. The van der Waals surface area contributed by atoms with Crippen LogP contribution in [0.2, 0.25) is 0 Å². The Kier molecular flexibility index (Phi) is 11.5. The van der Waals surface area contributed by atoms with Crippen molar-refractivity contribution in [1.29, 1.82) is 0 Å². The molecule has 0 saturated heterocycles. The lowest BCUT2D eigenvalue weighted by molar-refractivity contribution is 0.0541. The lowest BCUT2D eigenvalue weighted by atomic mass is 9.98. The maximum absolute atomic E-state index is 12.8. The Morgan fingerprint density at radius 3 is 2.46 bits per heavy atom. The second-order valence-electron chi connectivity index (χ2n) is 9.70. The molecule has 1 aromatic carbocycles. The van der Waals surface area contributed by atoms with E-state index in [0.29, 0.717) is 17.4 Å². The molecule has 3 aromatic rings. The monoisotopic (exact) mass is 542 g/mol. The highest BCUT2D eigenvalue weighted by Gasteiger charge is 2.36. The smallest absolute Gasteiger partial charge is 0.346 e. The van der Waals surface area contributed by atoms with Gasteiger partial charge in [0.05, 0.1) is 6.26 Å². The van der Waals surface area contributed by atoms with Crippen LogP contribution >= 0.6 is 0 Å². The number of aromatic amines is 1. The van der Waals surface area contributed by atoms with Crippen molar-refractivity contribution in [2.45, 2.75) is 72.4 Å². The van der Waals surface area contributed by atoms with Gasteiger partial charge in [0.2, 0.25) is 5.71 Å². The zero-order valence-corrected chi connectivity index (χ0v) is 23.2. The summed E-state index contributed by atoms with van der Waals surface area (Å²) in [5, 5.41) is 9.42. The highest BCUT2D eigenvalue weighted by atomic mass is 16.5. The van der Waals surface area contributed by atoms with Crippen LogP contribution in [0.15, 0.2) is 62.0 Å². The van der Waals surface area contributed by atoms with Crippen molar-refractivity contribution in [2.24, 2.45) is 5.41 Å². The van der Waals surface area contributed by atoms with Crippen LogP contribution < -0.4 is 16.9 Å². The molecule has 1 saturated carbocycles. The number of aromatic hydroxyl groups is 1. The standard InChI is InChI=1S/C17H22N2O5.C9H8O3.C3H8/c1-10(23-3)19-15(21)13-11(5-4-6-17(2)7-8-17)9-12(20)24-14(13)18-16(19)22;1-2-12-9(11)7-5-3-4-6-8(7)10;1-3-2/h9-10H,4-8H2,1-3H3,(H,18,22);2-6,10H,1H2;3H2,1-2H3. The minimum atomic E-state index is -0.712. The predicted octanol–water partition coefficient (Wildman–Crippen LogP) is 5.04. The molecule has 1 aliphatic carbocycles. The number of H-pyrrole nitrogens is 1. The minimum absolute atomic E-state index is 0.0651. The van der Waals surface area contributed by atoms with Gasteiger partial charge >= 0.3 is 17.3 Å². The Balaban J connectivity index is 0.000000298. The Hall–Kier alpha value is -3.92. The first kappa shape index (κ1) is 31.3. The molecule has 1 aliphatic rings. The van der Waals surface area contributed by atoms with E-state index in [1.807, 2.05) is 0 Å². The number of rotatable bonds is 8. The van der Waals surface area contributed by atoms with E-state index in [0.717, 1.165) is 23.7 Å². The third-order valence-electron chi connectivity index (χ3n) is 6.26. The van der Waals surface area contributed by atoms with Gasteiger partial charge in [-0.2, -0.15) is 0 Å². The maximum Gasteiger partial charge on any atom is 0.346 e. The number of fused-ring (bicyclic) bond motifs is 1. The normalized spacial score (nSPS) is 13.8. The van der Waals surface area contributed by atoms with Crippen LogP contribution in [0.1, 0.15) is 81.9 Å². The number of carbonyl (C=O) groups is 1. The fourth-order valence-electron chi connectivity index (χ4n) is 3.82. The highest BCUT2D eigenvalue weighted by molar-refractivity contribution is 5.92.